The van der Waals surface area contributed by atoms with Gasteiger partial charge in [-0.3, -0.25) is 14.6 Å². The van der Waals surface area contributed by atoms with E-state index in [9.17, 15) is 4.79 Å². The van der Waals surface area contributed by atoms with Crippen LogP contribution in [0.15, 0.2) is 0 Å². The van der Waals surface area contributed by atoms with Crippen molar-refractivity contribution in [2.45, 2.75) is 26.2 Å². The summed E-state index contributed by atoms with van der Waals surface area (Å²) in [6.45, 7) is 8.11. The van der Waals surface area contributed by atoms with Gasteiger partial charge in [-0.2, -0.15) is 9.97 Å². The maximum atomic E-state index is 12.4. The highest BCUT2D eigenvalue weighted by atomic mass is 16.5. The van der Waals surface area contributed by atoms with Gasteiger partial charge in [-0.15, -0.1) is 0 Å². The highest BCUT2D eigenvalue weighted by molar-refractivity contribution is 6.01. The fraction of sp³-hybridized carbons (Fsp3) is 0.688. The average Bonchev–Trinajstić information content (AvgIpc) is 2.90. The minimum Gasteiger partial charge on any atom is -0.463 e. The number of anilines is 2. The second kappa shape index (κ2) is 7.76. The Balaban J connectivity index is 1.69. The van der Waals surface area contributed by atoms with Crippen LogP contribution in [0.3, 0.4) is 0 Å². The van der Waals surface area contributed by atoms with E-state index in [1.165, 1.54) is 0 Å². The number of fused-ring (bicyclic) bond motifs is 1. The molecule has 1 aromatic rings. The Labute approximate surface area is 142 Å². The van der Waals surface area contributed by atoms with Crippen molar-refractivity contribution in [3.05, 3.63) is 5.56 Å². The molecule has 3 heterocycles. The molecule has 0 unspecified atom stereocenters. The summed E-state index contributed by atoms with van der Waals surface area (Å²) in [6, 6.07) is 0.265. The third kappa shape index (κ3) is 3.76. The predicted molar refractivity (Wildman–Crippen MR) is 92.2 cm³/mol. The molecule has 8 nitrogen and oxygen atoms in total. The van der Waals surface area contributed by atoms with Crippen LogP contribution in [-0.4, -0.2) is 66.7 Å². The number of aromatic nitrogens is 2. The van der Waals surface area contributed by atoms with Crippen molar-refractivity contribution in [2.24, 2.45) is 0 Å². The lowest BCUT2D eigenvalue weighted by Crippen LogP contribution is -2.46. The van der Waals surface area contributed by atoms with E-state index < -0.39 is 0 Å². The second-order valence-electron chi connectivity index (χ2n) is 6.21. The van der Waals surface area contributed by atoms with Crippen LogP contribution < -0.4 is 20.7 Å². The summed E-state index contributed by atoms with van der Waals surface area (Å²) in [7, 11) is 0. The van der Waals surface area contributed by atoms with Gasteiger partial charge in [-0.1, -0.05) is 13.3 Å². The molecule has 3 N–H and O–H groups in total. The fourth-order valence-corrected chi connectivity index (χ4v) is 3.00. The molecule has 1 aromatic heterocycles. The van der Waals surface area contributed by atoms with Crippen molar-refractivity contribution >= 4 is 17.5 Å². The van der Waals surface area contributed by atoms with Crippen molar-refractivity contribution in [1.82, 2.24) is 20.2 Å². The number of nitrogens with zero attached hydrogens (tertiary/aromatic N) is 4. The lowest BCUT2D eigenvalue weighted by atomic mass is 10.2. The quantitative estimate of drug-likeness (QED) is 0.679. The first-order valence-corrected chi connectivity index (χ1v) is 8.71. The van der Waals surface area contributed by atoms with E-state index in [4.69, 9.17) is 10.5 Å². The molecule has 0 aromatic carbocycles. The third-order valence-corrected chi connectivity index (χ3v) is 4.46. The Morgan fingerprint density at radius 1 is 1.25 bits per heavy atom. The first-order valence-electron chi connectivity index (χ1n) is 8.71. The van der Waals surface area contributed by atoms with Gasteiger partial charge < -0.3 is 15.8 Å². The van der Waals surface area contributed by atoms with Crippen LogP contribution in [-0.2, 0) is 11.2 Å². The number of carbonyl (C=O) groups excluding carboxylic acids is 1. The number of hydrogen-bond acceptors (Lipinski definition) is 7. The summed E-state index contributed by atoms with van der Waals surface area (Å²) in [5, 5.41) is 3.33. The number of ether oxygens (including phenoxy) is 1. The second-order valence-corrected chi connectivity index (χ2v) is 6.21. The van der Waals surface area contributed by atoms with E-state index in [-0.39, 0.29) is 18.3 Å². The Morgan fingerprint density at radius 3 is 2.79 bits per heavy atom. The van der Waals surface area contributed by atoms with Gasteiger partial charge in [0.15, 0.2) is 0 Å². The Kier molecular flexibility index (Phi) is 5.47. The topological polar surface area (TPSA) is 96.6 Å². The number of hydrogen-bond donors (Lipinski definition) is 2. The SMILES string of the molecule is CCCCOc1nc(N)c2c(n1)N(CCN1CCNCC1)C(=O)C2. The number of carbonyl (C=O) groups is 1. The highest BCUT2D eigenvalue weighted by Crippen LogP contribution is 2.31. The molecule has 8 heteroatoms. The summed E-state index contributed by atoms with van der Waals surface area (Å²) >= 11 is 0. The normalized spacial score (nSPS) is 18.0. The number of nitrogen functional groups attached to an aromatic ring is 1. The number of nitrogens with two attached hydrogens (primary N) is 1. The van der Waals surface area contributed by atoms with Gasteiger partial charge in [0.1, 0.15) is 11.6 Å². The lowest BCUT2D eigenvalue weighted by Gasteiger charge is -2.29. The standard InChI is InChI=1S/C16H26N6O2/c1-2-3-10-24-16-19-14(17)12-11-13(23)22(15(12)20-16)9-8-21-6-4-18-5-7-21/h18H,2-11H2,1H3,(H2,17,19,20). The van der Waals surface area contributed by atoms with Crippen molar-refractivity contribution in [2.75, 3.05) is 56.5 Å². The molecule has 3 rings (SSSR count). The van der Waals surface area contributed by atoms with Gasteiger partial charge in [0, 0.05) is 44.8 Å². The number of unbranched alkanes of at least 4 members (excludes halogenated alkanes) is 1. The van der Waals surface area contributed by atoms with Crippen LogP contribution in [0.5, 0.6) is 6.01 Å². The number of nitrogens with one attached hydrogen (secondary N) is 1. The molecule has 0 spiro atoms. The fourth-order valence-electron chi connectivity index (χ4n) is 3.00. The predicted octanol–water partition coefficient (Wildman–Crippen LogP) is 0.0320. The molecule has 24 heavy (non-hydrogen) atoms. The van der Waals surface area contributed by atoms with Crippen LogP contribution >= 0.6 is 0 Å². The van der Waals surface area contributed by atoms with Crippen LogP contribution in [0.4, 0.5) is 11.6 Å². The Bertz CT molecular complexity index is 588. The minimum absolute atomic E-state index is 0.0341. The highest BCUT2D eigenvalue weighted by Gasteiger charge is 2.32. The minimum atomic E-state index is 0.0341. The molecule has 0 saturated carbocycles. The molecular weight excluding hydrogens is 308 g/mol. The molecule has 0 atom stereocenters. The molecular formula is C16H26N6O2. The summed E-state index contributed by atoms with van der Waals surface area (Å²) in [4.78, 5) is 25.1. The van der Waals surface area contributed by atoms with E-state index >= 15 is 0 Å². The maximum Gasteiger partial charge on any atom is 0.320 e. The molecule has 0 bridgehead atoms. The van der Waals surface area contributed by atoms with Crippen LogP contribution in [0.25, 0.3) is 0 Å². The first-order chi connectivity index (χ1) is 11.7. The Hall–Kier alpha value is -1.93. The first kappa shape index (κ1) is 16.9. The van der Waals surface area contributed by atoms with Crippen molar-refractivity contribution in [3.8, 4) is 6.01 Å². The molecule has 1 amide bonds. The Morgan fingerprint density at radius 2 is 2.04 bits per heavy atom. The van der Waals surface area contributed by atoms with Crippen molar-refractivity contribution in [3.63, 3.8) is 0 Å². The summed E-state index contributed by atoms with van der Waals surface area (Å²) in [5.74, 6) is 1.01. The molecule has 0 aliphatic carbocycles. The van der Waals surface area contributed by atoms with Gasteiger partial charge >= 0.3 is 6.01 Å². The van der Waals surface area contributed by atoms with Crippen LogP contribution in [0, 0.1) is 0 Å². The lowest BCUT2D eigenvalue weighted by molar-refractivity contribution is -0.117. The average molecular weight is 334 g/mol. The van der Waals surface area contributed by atoms with Gasteiger partial charge in [0.05, 0.1) is 13.0 Å². The summed E-state index contributed by atoms with van der Waals surface area (Å²) < 4.78 is 5.57. The molecule has 1 fully saturated rings. The monoisotopic (exact) mass is 334 g/mol. The van der Waals surface area contributed by atoms with E-state index in [1.54, 1.807) is 4.90 Å². The van der Waals surface area contributed by atoms with E-state index in [2.05, 4.69) is 27.1 Å². The summed E-state index contributed by atoms with van der Waals surface area (Å²) in [6.07, 6.45) is 2.25. The molecule has 1 saturated heterocycles. The van der Waals surface area contributed by atoms with Crippen molar-refractivity contribution in [1.29, 1.82) is 0 Å². The summed E-state index contributed by atoms with van der Waals surface area (Å²) in [5.41, 5.74) is 6.74. The smallest absolute Gasteiger partial charge is 0.320 e. The van der Waals surface area contributed by atoms with E-state index in [1.807, 2.05) is 0 Å². The molecule has 2 aliphatic heterocycles. The van der Waals surface area contributed by atoms with Crippen LogP contribution in [0.1, 0.15) is 25.3 Å². The number of amides is 1. The van der Waals surface area contributed by atoms with Gasteiger partial charge in [-0.25, -0.2) is 0 Å². The zero-order chi connectivity index (χ0) is 16.9. The molecule has 2 aliphatic rings. The van der Waals surface area contributed by atoms with Crippen LogP contribution in [0.2, 0.25) is 0 Å². The van der Waals surface area contributed by atoms with Crippen molar-refractivity contribution < 1.29 is 9.53 Å². The molecule has 0 radical (unpaired) electrons. The zero-order valence-corrected chi connectivity index (χ0v) is 14.3. The molecule has 132 valence electrons. The van der Waals surface area contributed by atoms with E-state index in [0.29, 0.717) is 24.8 Å². The van der Waals surface area contributed by atoms with Gasteiger partial charge in [0.25, 0.3) is 0 Å². The largest absolute Gasteiger partial charge is 0.463 e. The third-order valence-electron chi connectivity index (χ3n) is 4.46. The van der Waals surface area contributed by atoms with E-state index in [0.717, 1.165) is 51.1 Å². The van der Waals surface area contributed by atoms with Gasteiger partial charge in [0.2, 0.25) is 5.91 Å². The number of piperazine rings is 1. The maximum absolute atomic E-state index is 12.4. The van der Waals surface area contributed by atoms with Gasteiger partial charge in [-0.05, 0) is 6.42 Å². The zero-order valence-electron chi connectivity index (χ0n) is 14.3. The number of rotatable bonds is 7.